The third kappa shape index (κ3) is 4.34. The van der Waals surface area contributed by atoms with Crippen LogP contribution in [0.1, 0.15) is 54.1 Å². The van der Waals surface area contributed by atoms with Gasteiger partial charge in [-0.1, -0.05) is 12.1 Å². The monoisotopic (exact) mass is 504 g/mol. The first-order chi connectivity index (χ1) is 16.5. The molecule has 1 amide bonds. The lowest BCUT2D eigenvalue weighted by atomic mass is 9.76. The molecule has 3 unspecified atom stereocenters. The SMILES string of the molecule is CC(=O)Nc1cccc(C2CC3Cc4[nH]ncc4C(C2)N3S(=O)(=O)c2ccc(C(F)(F)F)cc2)c1. The number of alkyl halides is 3. The van der Waals surface area contributed by atoms with Gasteiger partial charge >= 0.3 is 6.18 Å². The quantitative estimate of drug-likeness (QED) is 0.542. The first kappa shape index (κ1) is 23.6. The van der Waals surface area contributed by atoms with Crippen LogP contribution >= 0.6 is 0 Å². The molecule has 184 valence electrons. The maximum Gasteiger partial charge on any atom is 0.416 e. The predicted octanol–water partition coefficient (Wildman–Crippen LogP) is 4.62. The van der Waals surface area contributed by atoms with Crippen LogP contribution in [0.25, 0.3) is 0 Å². The third-order valence-corrected chi connectivity index (χ3v) is 8.69. The molecular weight excluding hydrogens is 481 g/mol. The summed E-state index contributed by atoms with van der Waals surface area (Å²) in [5.74, 6) is -0.152. The molecule has 11 heteroatoms. The molecule has 5 rings (SSSR count). The maximum absolute atomic E-state index is 13.7. The van der Waals surface area contributed by atoms with E-state index >= 15 is 0 Å². The van der Waals surface area contributed by atoms with Crippen molar-refractivity contribution < 1.29 is 26.4 Å². The van der Waals surface area contributed by atoms with E-state index in [1.165, 1.54) is 11.2 Å². The Hall–Kier alpha value is -3.18. The van der Waals surface area contributed by atoms with Crippen molar-refractivity contribution in [1.82, 2.24) is 14.5 Å². The molecule has 7 nitrogen and oxygen atoms in total. The number of anilines is 1. The lowest BCUT2D eigenvalue weighted by Crippen LogP contribution is -2.51. The van der Waals surface area contributed by atoms with Crippen LogP contribution in [0.2, 0.25) is 0 Å². The molecule has 3 heterocycles. The molecule has 0 spiro atoms. The standard InChI is InChI=1S/C24H23F3N4O3S/c1-14(32)29-18-4-2-3-15(9-18)16-10-19-12-22-21(13-28-30-22)23(11-16)31(19)35(33,34)20-7-5-17(6-8-20)24(25,26)27/h2-9,13,16,19,23H,10-12H2,1H3,(H,28,30)(H,29,32). The summed E-state index contributed by atoms with van der Waals surface area (Å²) in [6.07, 6.45) is -1.49. The zero-order valence-electron chi connectivity index (χ0n) is 18.7. The summed E-state index contributed by atoms with van der Waals surface area (Å²) in [4.78, 5) is 11.3. The van der Waals surface area contributed by atoms with Crippen molar-refractivity contribution in [2.75, 3.05) is 5.32 Å². The van der Waals surface area contributed by atoms with Crippen LogP contribution in [0.5, 0.6) is 0 Å². The zero-order valence-corrected chi connectivity index (χ0v) is 19.5. The van der Waals surface area contributed by atoms with Crippen LogP contribution in [0.3, 0.4) is 0 Å². The van der Waals surface area contributed by atoms with Gasteiger partial charge in [-0.25, -0.2) is 8.42 Å². The first-order valence-electron chi connectivity index (χ1n) is 11.1. The number of nitrogens with one attached hydrogen (secondary N) is 2. The fourth-order valence-corrected chi connectivity index (χ4v) is 7.06. The number of sulfonamides is 1. The number of hydrogen-bond donors (Lipinski definition) is 2. The Labute approximate surface area is 200 Å². The minimum atomic E-state index is -4.55. The Bertz CT molecular complexity index is 1370. The summed E-state index contributed by atoms with van der Waals surface area (Å²) >= 11 is 0. The highest BCUT2D eigenvalue weighted by Crippen LogP contribution is 2.49. The number of fused-ring (bicyclic) bond motifs is 4. The zero-order chi connectivity index (χ0) is 25.0. The molecule has 2 aromatic carbocycles. The summed E-state index contributed by atoms with van der Waals surface area (Å²) in [6.45, 7) is 1.43. The fraction of sp³-hybridized carbons (Fsp3) is 0.333. The molecule has 0 radical (unpaired) electrons. The minimum absolute atomic E-state index is 0.0285. The normalized spacial score (nSPS) is 22.5. The highest BCUT2D eigenvalue weighted by molar-refractivity contribution is 7.89. The van der Waals surface area contributed by atoms with Gasteiger partial charge in [0.15, 0.2) is 0 Å². The second-order valence-corrected chi connectivity index (χ2v) is 10.9. The van der Waals surface area contributed by atoms with E-state index in [2.05, 4.69) is 15.5 Å². The number of nitrogens with zero attached hydrogens (tertiary/aromatic N) is 2. The lowest BCUT2D eigenvalue weighted by molar-refractivity contribution is -0.137. The average molecular weight is 505 g/mol. The smallest absolute Gasteiger partial charge is 0.326 e. The van der Waals surface area contributed by atoms with Crippen LogP contribution in [0, 0.1) is 0 Å². The van der Waals surface area contributed by atoms with Gasteiger partial charge < -0.3 is 5.32 Å². The van der Waals surface area contributed by atoms with Crippen LogP contribution in [-0.2, 0) is 27.4 Å². The molecule has 1 fully saturated rings. The van der Waals surface area contributed by atoms with Crippen LogP contribution < -0.4 is 5.32 Å². The van der Waals surface area contributed by atoms with Gasteiger partial charge in [0.05, 0.1) is 22.7 Å². The Balaban J connectivity index is 1.50. The number of halogens is 3. The van der Waals surface area contributed by atoms with Crippen molar-refractivity contribution in [3.05, 3.63) is 77.1 Å². The second-order valence-electron chi connectivity index (χ2n) is 9.01. The highest BCUT2D eigenvalue weighted by atomic mass is 32.2. The van der Waals surface area contributed by atoms with Crippen molar-refractivity contribution >= 4 is 21.6 Å². The van der Waals surface area contributed by atoms with Gasteiger partial charge in [0, 0.05) is 36.3 Å². The Kier molecular flexibility index (Phi) is 5.71. The van der Waals surface area contributed by atoms with Crippen LogP contribution in [0.4, 0.5) is 18.9 Å². The average Bonchev–Trinajstić information content (AvgIpc) is 3.26. The molecule has 0 saturated carbocycles. The van der Waals surface area contributed by atoms with E-state index in [4.69, 9.17) is 0 Å². The van der Waals surface area contributed by atoms with Crippen LogP contribution in [0.15, 0.2) is 59.6 Å². The summed E-state index contributed by atoms with van der Waals surface area (Å²) in [7, 11) is -4.07. The molecule has 2 bridgehead atoms. The summed E-state index contributed by atoms with van der Waals surface area (Å²) in [5.41, 5.74) is 2.42. The van der Waals surface area contributed by atoms with E-state index in [0.717, 1.165) is 41.1 Å². The van der Waals surface area contributed by atoms with Gasteiger partial charge in [-0.05, 0) is 60.7 Å². The van der Waals surface area contributed by atoms with E-state index in [0.29, 0.717) is 24.9 Å². The molecule has 2 N–H and O–H groups in total. The molecule has 2 aliphatic heterocycles. The van der Waals surface area contributed by atoms with E-state index in [9.17, 15) is 26.4 Å². The number of aromatic nitrogens is 2. The van der Waals surface area contributed by atoms with E-state index in [1.54, 1.807) is 12.3 Å². The first-order valence-corrected chi connectivity index (χ1v) is 12.6. The van der Waals surface area contributed by atoms with Crippen LogP contribution in [-0.4, -0.2) is 34.9 Å². The predicted molar refractivity (Wildman–Crippen MR) is 122 cm³/mol. The molecular formula is C24H23F3N4O3S. The van der Waals surface area contributed by atoms with Gasteiger partial charge in [-0.15, -0.1) is 0 Å². The van der Waals surface area contributed by atoms with Gasteiger partial charge in [0.1, 0.15) is 0 Å². The molecule has 35 heavy (non-hydrogen) atoms. The Morgan fingerprint density at radius 1 is 1.14 bits per heavy atom. The molecule has 2 aliphatic rings. The Morgan fingerprint density at radius 2 is 1.89 bits per heavy atom. The third-order valence-electron chi connectivity index (χ3n) is 6.72. The van der Waals surface area contributed by atoms with Crippen molar-refractivity contribution in [2.24, 2.45) is 0 Å². The number of carbonyl (C=O) groups is 1. The number of amides is 1. The van der Waals surface area contributed by atoms with Gasteiger partial charge in [0.2, 0.25) is 15.9 Å². The van der Waals surface area contributed by atoms with Crippen molar-refractivity contribution in [2.45, 2.75) is 55.3 Å². The number of rotatable bonds is 4. The summed E-state index contributed by atoms with van der Waals surface area (Å²) in [5, 5.41) is 9.86. The number of aromatic amines is 1. The molecule has 3 aromatic rings. The van der Waals surface area contributed by atoms with E-state index in [1.807, 2.05) is 18.2 Å². The number of benzene rings is 2. The molecule has 1 saturated heterocycles. The number of hydrogen-bond acceptors (Lipinski definition) is 4. The van der Waals surface area contributed by atoms with Gasteiger partial charge in [-0.2, -0.15) is 22.6 Å². The summed E-state index contributed by atoms with van der Waals surface area (Å²) < 4.78 is 67.8. The van der Waals surface area contributed by atoms with E-state index in [-0.39, 0.29) is 16.7 Å². The molecule has 1 aromatic heterocycles. The summed E-state index contributed by atoms with van der Waals surface area (Å²) in [6, 6.07) is 10.2. The molecule has 0 aliphatic carbocycles. The van der Waals surface area contributed by atoms with Crippen molar-refractivity contribution in [3.63, 3.8) is 0 Å². The number of piperidine rings is 1. The van der Waals surface area contributed by atoms with Gasteiger partial charge in [0.25, 0.3) is 0 Å². The van der Waals surface area contributed by atoms with Gasteiger partial charge in [-0.3, -0.25) is 9.89 Å². The van der Waals surface area contributed by atoms with E-state index < -0.39 is 33.8 Å². The van der Waals surface area contributed by atoms with Crippen molar-refractivity contribution in [1.29, 1.82) is 0 Å². The topological polar surface area (TPSA) is 95.2 Å². The van der Waals surface area contributed by atoms with Crippen molar-refractivity contribution in [3.8, 4) is 0 Å². The second kappa shape index (κ2) is 8.49. The fourth-order valence-electron chi connectivity index (χ4n) is 5.25. The minimum Gasteiger partial charge on any atom is -0.326 e. The number of carbonyl (C=O) groups excluding carboxylic acids is 1. The molecule has 3 atom stereocenters. The largest absolute Gasteiger partial charge is 0.416 e. The maximum atomic E-state index is 13.7. The Morgan fingerprint density at radius 3 is 2.57 bits per heavy atom. The number of H-pyrrole nitrogens is 1. The lowest BCUT2D eigenvalue weighted by Gasteiger charge is -2.47. The highest BCUT2D eigenvalue weighted by Gasteiger charge is 2.48.